The summed E-state index contributed by atoms with van der Waals surface area (Å²) in [6.07, 6.45) is 2.28. The van der Waals surface area contributed by atoms with Gasteiger partial charge >= 0.3 is 0 Å². The van der Waals surface area contributed by atoms with E-state index in [1.807, 2.05) is 38.2 Å². The van der Waals surface area contributed by atoms with E-state index in [4.69, 9.17) is 14.2 Å². The average molecular weight is 417 g/mol. The molecule has 0 bridgehead atoms. The lowest BCUT2D eigenvalue weighted by Gasteiger charge is -2.29. The minimum Gasteiger partial charge on any atom is -0.493 e. The lowest BCUT2D eigenvalue weighted by Crippen LogP contribution is -2.43. The Bertz CT molecular complexity index is 835. The van der Waals surface area contributed by atoms with Gasteiger partial charge in [-0.3, -0.25) is 4.90 Å². The van der Waals surface area contributed by atoms with Crippen molar-refractivity contribution in [2.24, 2.45) is 0 Å². The molecule has 1 saturated heterocycles. The fourth-order valence-corrected chi connectivity index (χ4v) is 3.83. The first-order valence-corrected chi connectivity index (χ1v) is 10.2. The van der Waals surface area contributed by atoms with Gasteiger partial charge in [0.1, 0.15) is 18.8 Å². The number of aryl methyl sites for hydroxylation is 1. The summed E-state index contributed by atoms with van der Waals surface area (Å²) in [6.45, 7) is 5.53. The zero-order valence-corrected chi connectivity index (χ0v) is 18.3. The number of hydrogen-bond acceptors (Lipinski definition) is 8. The van der Waals surface area contributed by atoms with Crippen molar-refractivity contribution in [2.75, 3.05) is 59.0 Å². The van der Waals surface area contributed by atoms with Gasteiger partial charge in [-0.25, -0.2) is 9.97 Å². The summed E-state index contributed by atoms with van der Waals surface area (Å²) in [5.74, 6) is 2.27. The number of benzene rings is 1. The molecule has 30 heavy (non-hydrogen) atoms. The Hall–Kier alpha value is -2.42. The van der Waals surface area contributed by atoms with Crippen molar-refractivity contribution in [1.82, 2.24) is 14.9 Å². The number of hydrogen-bond donors (Lipinski definition) is 1. The SMILES string of the molecule is COCCOc1cc(CN(C)CC2(O)CCN(c3cc(C)ncn3)C2)ccc1OC. The molecular weight excluding hydrogens is 384 g/mol. The van der Waals surface area contributed by atoms with Crippen LogP contribution in [0.3, 0.4) is 0 Å². The molecule has 1 fully saturated rings. The van der Waals surface area contributed by atoms with Gasteiger partial charge in [0, 0.05) is 45.0 Å². The first kappa shape index (κ1) is 22.3. The third kappa shape index (κ3) is 5.81. The van der Waals surface area contributed by atoms with Gasteiger partial charge in [0.15, 0.2) is 11.5 Å². The Kier molecular flexibility index (Phi) is 7.47. The molecule has 1 atom stereocenters. The fourth-order valence-electron chi connectivity index (χ4n) is 3.83. The molecule has 1 N–H and O–H groups in total. The van der Waals surface area contributed by atoms with Gasteiger partial charge in [-0.05, 0) is 38.1 Å². The maximum atomic E-state index is 11.1. The molecule has 8 nitrogen and oxygen atoms in total. The highest BCUT2D eigenvalue weighted by Crippen LogP contribution is 2.30. The molecule has 3 rings (SSSR count). The van der Waals surface area contributed by atoms with E-state index in [1.54, 1.807) is 20.5 Å². The molecule has 164 valence electrons. The molecule has 2 heterocycles. The van der Waals surface area contributed by atoms with Crippen molar-refractivity contribution in [3.8, 4) is 11.5 Å². The second-order valence-electron chi connectivity index (χ2n) is 7.91. The number of likely N-dealkylation sites (N-methyl/N-ethyl adjacent to an activating group) is 1. The second-order valence-corrected chi connectivity index (χ2v) is 7.91. The molecule has 1 unspecified atom stereocenters. The van der Waals surface area contributed by atoms with Crippen molar-refractivity contribution in [3.63, 3.8) is 0 Å². The molecule has 8 heteroatoms. The minimum atomic E-state index is -0.780. The number of nitrogens with zero attached hydrogens (tertiary/aromatic N) is 4. The number of anilines is 1. The van der Waals surface area contributed by atoms with E-state index in [1.165, 1.54) is 0 Å². The third-order valence-electron chi connectivity index (χ3n) is 5.24. The van der Waals surface area contributed by atoms with Crippen molar-refractivity contribution in [3.05, 3.63) is 41.9 Å². The van der Waals surface area contributed by atoms with E-state index >= 15 is 0 Å². The zero-order valence-electron chi connectivity index (χ0n) is 18.3. The average Bonchev–Trinajstić information content (AvgIpc) is 3.10. The highest BCUT2D eigenvalue weighted by atomic mass is 16.5. The zero-order chi connectivity index (χ0) is 21.6. The summed E-state index contributed by atoms with van der Waals surface area (Å²) in [5, 5.41) is 11.1. The van der Waals surface area contributed by atoms with Gasteiger partial charge in [0.25, 0.3) is 0 Å². The van der Waals surface area contributed by atoms with E-state index in [2.05, 4.69) is 19.8 Å². The van der Waals surface area contributed by atoms with E-state index < -0.39 is 5.60 Å². The predicted molar refractivity (Wildman–Crippen MR) is 115 cm³/mol. The Morgan fingerprint density at radius 3 is 2.73 bits per heavy atom. The number of aliphatic hydroxyl groups is 1. The van der Waals surface area contributed by atoms with Crippen LogP contribution in [0, 0.1) is 6.92 Å². The summed E-state index contributed by atoms with van der Waals surface area (Å²) in [7, 11) is 5.29. The molecular formula is C22H32N4O4. The van der Waals surface area contributed by atoms with Gasteiger partial charge in [-0.2, -0.15) is 0 Å². The van der Waals surface area contributed by atoms with Crippen LogP contribution in [0.1, 0.15) is 17.7 Å². The maximum Gasteiger partial charge on any atom is 0.161 e. The predicted octanol–water partition coefficient (Wildman–Crippen LogP) is 1.89. The first-order chi connectivity index (χ1) is 14.4. The van der Waals surface area contributed by atoms with Gasteiger partial charge in [0.2, 0.25) is 0 Å². The van der Waals surface area contributed by atoms with E-state index in [0.29, 0.717) is 50.8 Å². The van der Waals surface area contributed by atoms with E-state index in [0.717, 1.165) is 23.6 Å². The molecule has 2 aromatic rings. The van der Waals surface area contributed by atoms with Crippen LogP contribution < -0.4 is 14.4 Å². The highest BCUT2D eigenvalue weighted by molar-refractivity contribution is 5.43. The van der Waals surface area contributed by atoms with E-state index in [9.17, 15) is 5.11 Å². The Labute approximate surface area is 178 Å². The quantitative estimate of drug-likeness (QED) is 0.588. The Morgan fingerprint density at radius 1 is 1.17 bits per heavy atom. The van der Waals surface area contributed by atoms with Crippen LogP contribution in [0.15, 0.2) is 30.6 Å². The van der Waals surface area contributed by atoms with Crippen LogP contribution in [-0.4, -0.2) is 79.7 Å². The third-order valence-corrected chi connectivity index (χ3v) is 5.24. The Morgan fingerprint density at radius 2 is 2.00 bits per heavy atom. The molecule has 0 amide bonds. The minimum absolute atomic E-state index is 0.463. The van der Waals surface area contributed by atoms with Crippen molar-refractivity contribution >= 4 is 5.82 Å². The molecule has 0 saturated carbocycles. The van der Waals surface area contributed by atoms with Gasteiger partial charge < -0.3 is 24.2 Å². The van der Waals surface area contributed by atoms with Crippen LogP contribution in [0.4, 0.5) is 5.82 Å². The van der Waals surface area contributed by atoms with Gasteiger partial charge in [0.05, 0.1) is 19.3 Å². The lowest BCUT2D eigenvalue weighted by molar-refractivity contribution is 0.0279. The van der Waals surface area contributed by atoms with Crippen molar-refractivity contribution < 1.29 is 19.3 Å². The second kappa shape index (κ2) is 10.1. The largest absolute Gasteiger partial charge is 0.493 e. The normalized spacial score (nSPS) is 18.8. The Balaban J connectivity index is 1.59. The number of β-amino-alcohol motifs (C(OH)–C–C–N with tert-alkyl or cyclic N) is 1. The smallest absolute Gasteiger partial charge is 0.161 e. The molecule has 1 aliphatic heterocycles. The highest BCUT2D eigenvalue weighted by Gasteiger charge is 2.37. The van der Waals surface area contributed by atoms with Crippen LogP contribution >= 0.6 is 0 Å². The molecule has 1 aromatic heterocycles. The van der Waals surface area contributed by atoms with Crippen LogP contribution in [-0.2, 0) is 11.3 Å². The summed E-state index contributed by atoms with van der Waals surface area (Å²) in [4.78, 5) is 12.8. The summed E-state index contributed by atoms with van der Waals surface area (Å²) < 4.78 is 16.2. The number of rotatable bonds is 10. The molecule has 0 radical (unpaired) electrons. The van der Waals surface area contributed by atoms with Crippen molar-refractivity contribution in [1.29, 1.82) is 0 Å². The summed E-state index contributed by atoms with van der Waals surface area (Å²) in [5.41, 5.74) is 1.24. The molecule has 1 aromatic carbocycles. The first-order valence-electron chi connectivity index (χ1n) is 10.2. The summed E-state index contributed by atoms with van der Waals surface area (Å²) >= 11 is 0. The van der Waals surface area contributed by atoms with Gasteiger partial charge in [-0.1, -0.05) is 6.07 Å². The molecule has 0 aliphatic carbocycles. The maximum absolute atomic E-state index is 11.1. The van der Waals surface area contributed by atoms with Crippen LogP contribution in [0.2, 0.25) is 0 Å². The topological polar surface area (TPSA) is 80.2 Å². The van der Waals surface area contributed by atoms with Crippen LogP contribution in [0.5, 0.6) is 11.5 Å². The van der Waals surface area contributed by atoms with E-state index in [-0.39, 0.29) is 0 Å². The summed E-state index contributed by atoms with van der Waals surface area (Å²) in [6, 6.07) is 7.87. The number of methoxy groups -OCH3 is 2. The number of aromatic nitrogens is 2. The fraction of sp³-hybridized carbons (Fsp3) is 0.545. The number of ether oxygens (including phenoxy) is 3. The lowest BCUT2D eigenvalue weighted by atomic mass is 10.0. The monoisotopic (exact) mass is 416 g/mol. The van der Waals surface area contributed by atoms with Crippen molar-refractivity contribution in [2.45, 2.75) is 25.5 Å². The van der Waals surface area contributed by atoms with Gasteiger partial charge in [-0.15, -0.1) is 0 Å². The standard InChI is InChI=1S/C22H32N4O4/c1-17-11-21(24-16-23-17)26-8-7-22(27,15-26)14-25(2)13-18-5-6-19(29-4)20(12-18)30-10-9-28-3/h5-6,11-12,16,27H,7-10,13-15H2,1-4H3. The van der Waals surface area contributed by atoms with Crippen LogP contribution in [0.25, 0.3) is 0 Å². The molecule has 1 aliphatic rings. The molecule has 0 spiro atoms.